The first-order chi connectivity index (χ1) is 16.4. The van der Waals surface area contributed by atoms with Crippen molar-refractivity contribution in [2.24, 2.45) is 7.05 Å². The van der Waals surface area contributed by atoms with Crippen LogP contribution in [0.1, 0.15) is 25.5 Å². The van der Waals surface area contributed by atoms with Crippen LogP contribution >= 0.6 is 23.4 Å². The van der Waals surface area contributed by atoms with Crippen molar-refractivity contribution in [3.05, 3.63) is 73.9 Å². The van der Waals surface area contributed by atoms with E-state index < -0.39 is 34.6 Å². The highest BCUT2D eigenvalue weighted by molar-refractivity contribution is 7.99. The number of halogens is 5. The Morgan fingerprint density at radius 2 is 1.91 bits per heavy atom. The number of aromatic nitrogens is 3. The summed E-state index contributed by atoms with van der Waals surface area (Å²) in [5.41, 5.74) is -4.76. The average molecular weight is 532 g/mol. The van der Waals surface area contributed by atoms with Gasteiger partial charge in [0.2, 0.25) is 5.88 Å². The number of hydrogen-bond acceptors (Lipinski definition) is 6. The topological polar surface area (TPSA) is 83.2 Å². The summed E-state index contributed by atoms with van der Waals surface area (Å²) in [4.78, 5) is 40.9. The summed E-state index contributed by atoms with van der Waals surface area (Å²) < 4.78 is 60.3. The first-order valence-corrected chi connectivity index (χ1v) is 11.2. The van der Waals surface area contributed by atoms with Crippen LogP contribution in [0.3, 0.4) is 0 Å². The number of carbonyl (C=O) groups is 1. The fourth-order valence-electron chi connectivity index (χ4n) is 3.06. The number of benzene rings is 1. The van der Waals surface area contributed by atoms with Gasteiger partial charge in [0.25, 0.3) is 5.56 Å². The zero-order valence-electron chi connectivity index (χ0n) is 18.4. The van der Waals surface area contributed by atoms with Gasteiger partial charge < -0.3 is 9.53 Å². The van der Waals surface area contributed by atoms with Gasteiger partial charge in [-0.2, -0.15) is 13.2 Å². The lowest BCUT2D eigenvalue weighted by atomic mass is 10.2. The Bertz CT molecular complexity index is 1390. The van der Waals surface area contributed by atoms with E-state index in [1.54, 1.807) is 12.1 Å². The van der Waals surface area contributed by atoms with E-state index >= 15 is 0 Å². The Kier molecular flexibility index (Phi) is 8.06. The molecule has 186 valence electrons. The molecule has 7 nitrogen and oxygen atoms in total. The molecule has 0 N–H and O–H groups in total. The molecule has 1 aromatic carbocycles. The molecule has 2 heterocycles. The van der Waals surface area contributed by atoms with Crippen LogP contribution in [0.15, 0.2) is 55.9 Å². The monoisotopic (exact) mass is 531 g/mol. The van der Waals surface area contributed by atoms with E-state index in [0.29, 0.717) is 22.3 Å². The van der Waals surface area contributed by atoms with Gasteiger partial charge in [-0.25, -0.2) is 18.7 Å². The third-order valence-corrected chi connectivity index (χ3v) is 6.23. The fraction of sp³-hybridized carbons (Fsp3) is 0.273. The predicted molar refractivity (Wildman–Crippen MR) is 121 cm³/mol. The molecule has 0 radical (unpaired) electrons. The Morgan fingerprint density at radius 1 is 1.20 bits per heavy atom. The van der Waals surface area contributed by atoms with Crippen LogP contribution in [-0.2, 0) is 18.0 Å². The van der Waals surface area contributed by atoms with Gasteiger partial charge in [0.15, 0.2) is 0 Å². The SMILES string of the molecule is CC(=O)CCCOc1ncccc1Sc1cc(-n2c(=O)cc(C(F)(F)F)n(C)c2=O)c(F)cc1Cl. The third kappa shape index (κ3) is 6.12. The Morgan fingerprint density at radius 3 is 2.57 bits per heavy atom. The number of carbonyl (C=O) groups excluding carboxylic acids is 1. The summed E-state index contributed by atoms with van der Waals surface area (Å²) in [5.74, 6) is -0.852. The van der Waals surface area contributed by atoms with Gasteiger partial charge in [-0.15, -0.1) is 0 Å². The van der Waals surface area contributed by atoms with E-state index in [9.17, 15) is 31.9 Å². The number of ketones is 1. The van der Waals surface area contributed by atoms with Crippen LogP contribution in [0, 0.1) is 5.82 Å². The smallest absolute Gasteiger partial charge is 0.431 e. The number of ether oxygens (including phenoxy) is 1. The van der Waals surface area contributed by atoms with Crippen molar-refractivity contribution in [1.82, 2.24) is 14.1 Å². The maximum absolute atomic E-state index is 14.7. The summed E-state index contributed by atoms with van der Waals surface area (Å²) in [5, 5.41) is -0.0700. The van der Waals surface area contributed by atoms with Crippen LogP contribution in [0.4, 0.5) is 17.6 Å². The summed E-state index contributed by atoms with van der Waals surface area (Å²) in [6.45, 7) is 1.68. The van der Waals surface area contributed by atoms with Crippen molar-refractivity contribution in [2.45, 2.75) is 35.7 Å². The third-order valence-electron chi connectivity index (χ3n) is 4.72. The molecule has 0 bridgehead atoms. The van der Waals surface area contributed by atoms with Crippen molar-refractivity contribution >= 4 is 29.1 Å². The van der Waals surface area contributed by atoms with Crippen LogP contribution < -0.4 is 16.0 Å². The summed E-state index contributed by atoms with van der Waals surface area (Å²) >= 11 is 7.16. The number of nitrogens with zero attached hydrogens (tertiary/aromatic N) is 3. The zero-order valence-corrected chi connectivity index (χ0v) is 19.9. The molecule has 3 rings (SSSR count). The second-order valence-corrected chi connectivity index (χ2v) is 8.83. The molecule has 0 aliphatic rings. The molecule has 0 fully saturated rings. The normalized spacial score (nSPS) is 11.5. The maximum atomic E-state index is 14.7. The van der Waals surface area contributed by atoms with E-state index in [-0.39, 0.29) is 38.8 Å². The fourth-order valence-corrected chi connectivity index (χ4v) is 4.23. The lowest BCUT2D eigenvalue weighted by Gasteiger charge is -2.15. The average Bonchev–Trinajstić information content (AvgIpc) is 2.76. The molecule has 2 aromatic heterocycles. The Balaban J connectivity index is 2.01. The van der Waals surface area contributed by atoms with Gasteiger partial charge in [0, 0.05) is 30.6 Å². The molecule has 3 aromatic rings. The molecule has 0 saturated carbocycles. The number of pyridine rings is 1. The van der Waals surface area contributed by atoms with Crippen molar-refractivity contribution in [1.29, 1.82) is 0 Å². The van der Waals surface area contributed by atoms with Crippen molar-refractivity contribution in [3.8, 4) is 11.6 Å². The van der Waals surface area contributed by atoms with E-state index in [2.05, 4.69) is 4.98 Å². The van der Waals surface area contributed by atoms with E-state index in [0.717, 1.165) is 30.9 Å². The quantitative estimate of drug-likeness (QED) is 0.311. The standard InChI is InChI=1S/C22H18ClF4N3O4S/c1-12(31)5-4-8-34-20-16(6-3-7-28-20)35-17-10-15(14(24)9-13(17)23)30-19(32)11-18(22(25,26)27)29(2)21(30)33/h3,6-7,9-11H,4-5,8H2,1-2H3. The number of rotatable bonds is 8. The van der Waals surface area contributed by atoms with Gasteiger partial charge in [-0.05, 0) is 37.6 Å². The largest absolute Gasteiger partial charge is 0.477 e. The minimum absolute atomic E-state index is 0.0134. The lowest BCUT2D eigenvalue weighted by molar-refractivity contribution is -0.144. The molecular formula is C22H18ClF4N3O4S. The lowest BCUT2D eigenvalue weighted by Crippen LogP contribution is -2.41. The van der Waals surface area contributed by atoms with Gasteiger partial charge in [0.1, 0.15) is 17.3 Å². The number of hydrogen-bond donors (Lipinski definition) is 0. The highest BCUT2D eigenvalue weighted by Gasteiger charge is 2.35. The van der Waals surface area contributed by atoms with Crippen LogP contribution in [0.5, 0.6) is 5.88 Å². The van der Waals surface area contributed by atoms with Gasteiger partial charge in [-0.1, -0.05) is 23.4 Å². The highest BCUT2D eigenvalue weighted by atomic mass is 35.5. The van der Waals surface area contributed by atoms with Crippen LogP contribution in [0.2, 0.25) is 5.02 Å². The van der Waals surface area contributed by atoms with Crippen molar-refractivity contribution in [3.63, 3.8) is 0 Å². The molecule has 0 amide bonds. The summed E-state index contributed by atoms with van der Waals surface area (Å²) in [7, 11) is 0.829. The first-order valence-electron chi connectivity index (χ1n) is 10.0. The molecule has 13 heteroatoms. The second-order valence-electron chi connectivity index (χ2n) is 7.34. The molecular weight excluding hydrogens is 514 g/mol. The molecule has 0 saturated heterocycles. The molecule has 35 heavy (non-hydrogen) atoms. The molecule has 0 unspecified atom stereocenters. The van der Waals surface area contributed by atoms with Gasteiger partial charge >= 0.3 is 11.9 Å². The Labute approximate surface area is 205 Å². The highest BCUT2D eigenvalue weighted by Crippen LogP contribution is 2.39. The molecule has 0 aliphatic carbocycles. The van der Waals surface area contributed by atoms with Crippen molar-refractivity contribution < 1.29 is 27.1 Å². The molecule has 0 aliphatic heterocycles. The van der Waals surface area contributed by atoms with Gasteiger partial charge in [0.05, 0.1) is 22.2 Å². The number of alkyl halides is 3. The van der Waals surface area contributed by atoms with Crippen LogP contribution in [0.25, 0.3) is 5.69 Å². The Hall–Kier alpha value is -3.12. The van der Waals surface area contributed by atoms with E-state index in [4.69, 9.17) is 16.3 Å². The summed E-state index contributed by atoms with van der Waals surface area (Å²) in [6, 6.07) is 5.41. The molecule has 0 atom stereocenters. The minimum Gasteiger partial charge on any atom is -0.477 e. The minimum atomic E-state index is -4.95. The first kappa shape index (κ1) is 26.5. The van der Waals surface area contributed by atoms with E-state index in [1.807, 2.05) is 0 Å². The van der Waals surface area contributed by atoms with Crippen molar-refractivity contribution in [2.75, 3.05) is 6.61 Å². The maximum Gasteiger partial charge on any atom is 0.431 e. The predicted octanol–water partition coefficient (Wildman–Crippen LogP) is 4.64. The summed E-state index contributed by atoms with van der Waals surface area (Å²) in [6.07, 6.45) is -2.67. The van der Waals surface area contributed by atoms with E-state index in [1.165, 1.54) is 13.1 Å². The van der Waals surface area contributed by atoms with Gasteiger partial charge in [-0.3, -0.25) is 9.36 Å². The van der Waals surface area contributed by atoms with Crippen LogP contribution in [-0.4, -0.2) is 26.5 Å². The zero-order chi connectivity index (χ0) is 25.9. The molecule has 0 spiro atoms. The second kappa shape index (κ2) is 10.6. The number of Topliss-reactive ketones (excluding diaryl/α,β-unsaturated/α-hetero) is 1.